The topological polar surface area (TPSA) is 88.8 Å². The van der Waals surface area contributed by atoms with Gasteiger partial charge in [-0.1, -0.05) is 0 Å². The van der Waals surface area contributed by atoms with Crippen LogP contribution in [0.25, 0.3) is 6.08 Å². The van der Waals surface area contributed by atoms with Crippen LogP contribution in [0.3, 0.4) is 0 Å². The maximum Gasteiger partial charge on any atom is 0.349 e. The van der Waals surface area contributed by atoms with Crippen molar-refractivity contribution in [3.63, 3.8) is 0 Å². The first-order valence-electron chi connectivity index (χ1n) is 6.89. The van der Waals surface area contributed by atoms with Crippen LogP contribution in [0.1, 0.15) is 19.4 Å². The van der Waals surface area contributed by atoms with Crippen LogP contribution in [0.4, 0.5) is 0 Å². The van der Waals surface area contributed by atoms with Crippen LogP contribution < -0.4 is 4.74 Å². The number of hydrogen-bond acceptors (Lipinski definition) is 6. The zero-order valence-electron chi connectivity index (χ0n) is 13.1. The summed E-state index contributed by atoms with van der Waals surface area (Å²) in [5.74, 6) is -0.524. The molecule has 0 bridgehead atoms. The fourth-order valence-electron chi connectivity index (χ4n) is 1.76. The van der Waals surface area contributed by atoms with Gasteiger partial charge in [-0.2, -0.15) is 5.26 Å². The number of benzene rings is 1. The molecule has 23 heavy (non-hydrogen) atoms. The number of phenols is 1. The quantitative estimate of drug-likeness (QED) is 0.442. The molecule has 0 radical (unpaired) electrons. The summed E-state index contributed by atoms with van der Waals surface area (Å²) in [5, 5.41) is 19.0. The number of halogens is 1. The van der Waals surface area contributed by atoms with Crippen molar-refractivity contribution in [2.45, 2.75) is 20.0 Å². The minimum atomic E-state index is -0.737. The van der Waals surface area contributed by atoms with E-state index in [0.717, 1.165) is 0 Å². The monoisotopic (exact) mass is 383 g/mol. The summed E-state index contributed by atoms with van der Waals surface area (Å²) >= 11 is 3.20. The molecule has 0 saturated carbocycles. The van der Waals surface area contributed by atoms with Gasteiger partial charge >= 0.3 is 5.97 Å². The highest BCUT2D eigenvalue weighted by Crippen LogP contribution is 2.36. The molecule has 0 amide bonds. The number of ether oxygens (including phenoxy) is 3. The average Bonchev–Trinajstić information content (AvgIpc) is 2.49. The fourth-order valence-corrected chi connectivity index (χ4v) is 2.22. The minimum absolute atomic E-state index is 0.0428. The number of phenolic OH excluding ortho intramolecular Hbond substituents is 1. The third kappa shape index (κ3) is 5.58. The van der Waals surface area contributed by atoms with E-state index in [2.05, 4.69) is 15.9 Å². The largest absolute Gasteiger partial charge is 0.503 e. The highest BCUT2D eigenvalue weighted by molar-refractivity contribution is 9.10. The molecule has 0 spiro atoms. The molecule has 0 aromatic heterocycles. The van der Waals surface area contributed by atoms with Crippen molar-refractivity contribution < 1.29 is 24.1 Å². The molecule has 124 valence electrons. The number of nitrogens with zero attached hydrogens (tertiary/aromatic N) is 1. The van der Waals surface area contributed by atoms with Gasteiger partial charge in [0.2, 0.25) is 0 Å². The van der Waals surface area contributed by atoms with Gasteiger partial charge in [-0.15, -0.1) is 0 Å². The fraction of sp³-hybridized carbons (Fsp3) is 0.375. The van der Waals surface area contributed by atoms with Crippen molar-refractivity contribution in [2.75, 3.05) is 20.3 Å². The van der Waals surface area contributed by atoms with E-state index in [1.807, 2.05) is 6.07 Å². The maximum atomic E-state index is 12.0. The Labute approximate surface area is 143 Å². The number of carbonyl (C=O) groups is 1. The van der Waals surface area contributed by atoms with Crippen LogP contribution in [-0.2, 0) is 14.3 Å². The van der Waals surface area contributed by atoms with Crippen LogP contribution in [0.15, 0.2) is 22.2 Å². The van der Waals surface area contributed by atoms with Crippen molar-refractivity contribution >= 4 is 28.0 Å². The van der Waals surface area contributed by atoms with Gasteiger partial charge < -0.3 is 19.3 Å². The Hall–Kier alpha value is -2.04. The Morgan fingerprint density at radius 1 is 1.52 bits per heavy atom. The van der Waals surface area contributed by atoms with Crippen LogP contribution in [0.5, 0.6) is 11.5 Å². The van der Waals surface area contributed by atoms with E-state index in [1.165, 1.54) is 19.3 Å². The second kappa shape index (κ2) is 9.18. The number of rotatable bonds is 7. The molecule has 7 heteroatoms. The predicted molar refractivity (Wildman–Crippen MR) is 88.0 cm³/mol. The zero-order chi connectivity index (χ0) is 17.4. The Morgan fingerprint density at radius 2 is 2.22 bits per heavy atom. The summed E-state index contributed by atoms with van der Waals surface area (Å²) in [5.41, 5.74) is 0.360. The van der Waals surface area contributed by atoms with Crippen molar-refractivity contribution in [1.29, 1.82) is 5.26 Å². The summed E-state index contributed by atoms with van der Waals surface area (Å²) < 4.78 is 15.7. The number of hydrogen-bond donors (Lipinski definition) is 1. The third-order valence-corrected chi connectivity index (χ3v) is 3.32. The number of carbonyl (C=O) groups excluding carboxylic acids is 1. The first-order valence-corrected chi connectivity index (χ1v) is 7.69. The zero-order valence-corrected chi connectivity index (χ0v) is 14.7. The molecule has 1 N–H and O–H groups in total. The third-order valence-electron chi connectivity index (χ3n) is 2.71. The maximum absolute atomic E-state index is 12.0. The van der Waals surface area contributed by atoms with Gasteiger partial charge in [0.15, 0.2) is 11.5 Å². The number of esters is 1. The first-order chi connectivity index (χ1) is 10.9. The smallest absolute Gasteiger partial charge is 0.349 e. The second-order valence-electron chi connectivity index (χ2n) is 4.62. The summed E-state index contributed by atoms with van der Waals surface area (Å²) in [7, 11) is 1.49. The highest BCUT2D eigenvalue weighted by atomic mass is 79.9. The molecule has 0 aliphatic carbocycles. The molecule has 1 aromatic carbocycles. The average molecular weight is 384 g/mol. The Morgan fingerprint density at radius 3 is 2.78 bits per heavy atom. The lowest BCUT2D eigenvalue weighted by Crippen LogP contribution is -2.20. The van der Waals surface area contributed by atoms with Crippen molar-refractivity contribution in [3.05, 3.63) is 27.7 Å². The van der Waals surface area contributed by atoms with E-state index in [-0.39, 0.29) is 23.7 Å². The summed E-state index contributed by atoms with van der Waals surface area (Å²) in [6.45, 7) is 4.06. The summed E-state index contributed by atoms with van der Waals surface area (Å²) in [6, 6.07) is 4.92. The lowest BCUT2D eigenvalue weighted by molar-refractivity contribution is -0.145. The highest BCUT2D eigenvalue weighted by Gasteiger charge is 2.16. The number of aromatic hydroxyl groups is 1. The van der Waals surface area contributed by atoms with Crippen LogP contribution in [-0.4, -0.2) is 37.5 Å². The van der Waals surface area contributed by atoms with Gasteiger partial charge in [-0.3, -0.25) is 0 Å². The molecular formula is C16H18BrNO5. The van der Waals surface area contributed by atoms with Crippen molar-refractivity contribution in [2.24, 2.45) is 0 Å². The van der Waals surface area contributed by atoms with Crippen LogP contribution in [0.2, 0.25) is 0 Å². The SMILES string of the molecule is CCOc1cc(/C=C(\C#N)C(=O)OC(C)COC)cc(Br)c1O. The van der Waals surface area contributed by atoms with E-state index < -0.39 is 12.1 Å². The molecule has 1 unspecified atom stereocenters. The Balaban J connectivity index is 3.07. The number of nitriles is 1. The van der Waals surface area contributed by atoms with Gasteiger partial charge in [-0.25, -0.2) is 4.79 Å². The number of methoxy groups -OCH3 is 1. The van der Waals surface area contributed by atoms with E-state index in [4.69, 9.17) is 19.5 Å². The van der Waals surface area contributed by atoms with Crippen LogP contribution >= 0.6 is 15.9 Å². The van der Waals surface area contributed by atoms with E-state index in [1.54, 1.807) is 19.9 Å². The molecule has 1 aromatic rings. The minimum Gasteiger partial charge on any atom is -0.503 e. The lowest BCUT2D eigenvalue weighted by atomic mass is 10.1. The van der Waals surface area contributed by atoms with Crippen LogP contribution in [0, 0.1) is 11.3 Å². The normalized spacial score (nSPS) is 12.4. The molecule has 0 aliphatic rings. The van der Waals surface area contributed by atoms with Gasteiger partial charge in [0.05, 0.1) is 17.7 Å². The molecule has 0 saturated heterocycles. The molecule has 0 fully saturated rings. The first kappa shape index (κ1) is 19.0. The standard InChI is InChI=1S/C16H18BrNO5/c1-4-22-14-7-11(6-13(17)15(14)19)5-12(8-18)16(20)23-10(2)9-21-3/h5-7,10,19H,4,9H2,1-3H3/b12-5+. The molecular weight excluding hydrogens is 366 g/mol. The van der Waals surface area contributed by atoms with E-state index in [0.29, 0.717) is 16.6 Å². The Bertz CT molecular complexity index is 636. The van der Waals surface area contributed by atoms with Gasteiger partial charge in [0.25, 0.3) is 0 Å². The van der Waals surface area contributed by atoms with E-state index in [9.17, 15) is 9.90 Å². The van der Waals surface area contributed by atoms with Crippen molar-refractivity contribution in [1.82, 2.24) is 0 Å². The van der Waals surface area contributed by atoms with E-state index >= 15 is 0 Å². The van der Waals surface area contributed by atoms with Gasteiger partial charge in [-0.05, 0) is 53.5 Å². The molecule has 6 nitrogen and oxygen atoms in total. The van der Waals surface area contributed by atoms with Gasteiger partial charge in [0.1, 0.15) is 17.7 Å². The Kier molecular flexibility index (Phi) is 7.59. The molecule has 0 heterocycles. The lowest BCUT2D eigenvalue weighted by Gasteiger charge is -2.12. The molecule has 1 rings (SSSR count). The summed E-state index contributed by atoms with van der Waals surface area (Å²) in [6.07, 6.45) is 0.906. The molecule has 0 aliphatic heterocycles. The molecule has 1 atom stereocenters. The summed E-state index contributed by atoms with van der Waals surface area (Å²) in [4.78, 5) is 12.0. The predicted octanol–water partition coefficient (Wildman–Crippen LogP) is 3.04. The second-order valence-corrected chi connectivity index (χ2v) is 5.48. The van der Waals surface area contributed by atoms with Crippen molar-refractivity contribution in [3.8, 4) is 17.6 Å². The van der Waals surface area contributed by atoms with Gasteiger partial charge in [0, 0.05) is 7.11 Å².